The molecule has 1 aromatic heterocycles. The number of carbonyl (C=O) groups is 1. The number of H-pyrrole nitrogens is 1. The van der Waals surface area contributed by atoms with E-state index in [0.29, 0.717) is 11.8 Å². The molecule has 0 spiro atoms. The second-order valence-electron chi connectivity index (χ2n) is 5.53. The summed E-state index contributed by atoms with van der Waals surface area (Å²) in [6.45, 7) is 0. The van der Waals surface area contributed by atoms with Crippen molar-refractivity contribution < 1.29 is 9.90 Å². The van der Waals surface area contributed by atoms with Gasteiger partial charge in [0.15, 0.2) is 0 Å². The number of fused-ring (bicyclic) bond motifs is 1. The Balaban J connectivity index is 1.86. The molecule has 1 saturated carbocycles. The van der Waals surface area contributed by atoms with Gasteiger partial charge in [0.05, 0.1) is 12.1 Å². The number of pyridine rings is 1. The number of carbonyl (C=O) groups excluding carboxylic acids is 1. The van der Waals surface area contributed by atoms with Crippen LogP contribution >= 0.6 is 0 Å². The minimum Gasteiger partial charge on any atom is -0.391 e. The molecule has 0 aliphatic heterocycles. The summed E-state index contributed by atoms with van der Waals surface area (Å²) in [7, 11) is 0. The number of aromatic nitrogens is 1. The molecule has 2 atom stereocenters. The third kappa shape index (κ3) is 2.83. The highest BCUT2D eigenvalue weighted by Crippen LogP contribution is 2.19. The summed E-state index contributed by atoms with van der Waals surface area (Å²) in [5.74, 6) is -0.344. The summed E-state index contributed by atoms with van der Waals surface area (Å²) in [6, 6.07) is 8.57. The summed E-state index contributed by atoms with van der Waals surface area (Å²) in [5, 5.41) is 14.0. The Kier molecular flexibility index (Phi) is 3.75. The molecule has 0 saturated heterocycles. The van der Waals surface area contributed by atoms with Crippen LogP contribution in [0.25, 0.3) is 10.8 Å². The average Bonchev–Trinajstić information content (AvgIpc) is 2.49. The van der Waals surface area contributed by atoms with Crippen LogP contribution in [-0.4, -0.2) is 28.1 Å². The van der Waals surface area contributed by atoms with Crippen molar-refractivity contribution in [2.75, 3.05) is 0 Å². The third-order valence-corrected chi connectivity index (χ3v) is 4.04. The molecule has 1 aliphatic rings. The van der Waals surface area contributed by atoms with E-state index in [0.717, 1.165) is 24.6 Å². The number of aromatic amines is 1. The first-order valence-corrected chi connectivity index (χ1v) is 7.26. The predicted octanol–water partition coefficient (Wildman–Crippen LogP) is 1.56. The molecule has 3 N–H and O–H groups in total. The molecule has 0 unspecified atom stereocenters. The summed E-state index contributed by atoms with van der Waals surface area (Å²) in [6.07, 6.45) is 2.95. The zero-order valence-electron chi connectivity index (χ0n) is 11.6. The zero-order chi connectivity index (χ0) is 14.8. The second kappa shape index (κ2) is 5.69. The quantitative estimate of drug-likeness (QED) is 0.783. The lowest BCUT2D eigenvalue weighted by Crippen LogP contribution is -2.45. The minimum atomic E-state index is -0.505. The number of rotatable bonds is 2. The largest absolute Gasteiger partial charge is 0.391 e. The highest BCUT2D eigenvalue weighted by atomic mass is 16.3. The molecule has 5 nitrogen and oxygen atoms in total. The summed E-state index contributed by atoms with van der Waals surface area (Å²) < 4.78 is 0. The SMILES string of the molecule is O=C(N[C@H]1CCCC[C@@H]1O)c1cc2ccccc2c(=O)[nH]1. The number of benzene rings is 1. The Morgan fingerprint density at radius 1 is 1.24 bits per heavy atom. The monoisotopic (exact) mass is 286 g/mol. The highest BCUT2D eigenvalue weighted by molar-refractivity contribution is 5.96. The number of aliphatic hydroxyl groups excluding tert-OH is 1. The van der Waals surface area contributed by atoms with E-state index in [1.807, 2.05) is 6.07 Å². The van der Waals surface area contributed by atoms with Gasteiger partial charge in [-0.15, -0.1) is 0 Å². The molecular weight excluding hydrogens is 268 g/mol. The van der Waals surface area contributed by atoms with Gasteiger partial charge in [-0.05, 0) is 30.4 Å². The molecule has 110 valence electrons. The fraction of sp³-hybridized carbons (Fsp3) is 0.375. The average molecular weight is 286 g/mol. The van der Waals surface area contributed by atoms with Crippen LogP contribution in [0.15, 0.2) is 35.1 Å². The smallest absolute Gasteiger partial charge is 0.268 e. The van der Waals surface area contributed by atoms with Gasteiger partial charge in [0, 0.05) is 5.39 Å². The zero-order valence-corrected chi connectivity index (χ0v) is 11.6. The van der Waals surface area contributed by atoms with Crippen molar-refractivity contribution in [1.82, 2.24) is 10.3 Å². The molecule has 1 aromatic carbocycles. The van der Waals surface area contributed by atoms with Crippen molar-refractivity contribution in [2.45, 2.75) is 37.8 Å². The van der Waals surface area contributed by atoms with E-state index in [9.17, 15) is 14.7 Å². The number of hydrogen-bond donors (Lipinski definition) is 3. The fourth-order valence-corrected chi connectivity index (χ4v) is 2.86. The van der Waals surface area contributed by atoms with Crippen molar-refractivity contribution in [3.63, 3.8) is 0 Å². The van der Waals surface area contributed by atoms with Gasteiger partial charge in [0.25, 0.3) is 11.5 Å². The van der Waals surface area contributed by atoms with Gasteiger partial charge in [0.2, 0.25) is 0 Å². The molecular formula is C16H18N2O3. The van der Waals surface area contributed by atoms with E-state index >= 15 is 0 Å². The Labute approximate surface area is 122 Å². The van der Waals surface area contributed by atoms with E-state index in [1.165, 1.54) is 0 Å². The van der Waals surface area contributed by atoms with Gasteiger partial charge >= 0.3 is 0 Å². The molecule has 1 amide bonds. The molecule has 3 rings (SSSR count). The van der Waals surface area contributed by atoms with E-state index in [1.54, 1.807) is 24.3 Å². The standard InChI is InChI=1S/C16H18N2O3/c19-14-8-4-3-7-12(14)17-16(21)13-9-10-5-1-2-6-11(10)15(20)18-13/h1-2,5-6,9,12,14,19H,3-4,7-8H2,(H,17,21)(H,18,20)/t12-,14-/m0/s1. The normalized spacial score (nSPS) is 22.1. The predicted molar refractivity (Wildman–Crippen MR) is 80.3 cm³/mol. The number of nitrogens with one attached hydrogen (secondary N) is 2. The fourth-order valence-electron chi connectivity index (χ4n) is 2.86. The Morgan fingerprint density at radius 3 is 2.81 bits per heavy atom. The van der Waals surface area contributed by atoms with Crippen molar-refractivity contribution in [3.8, 4) is 0 Å². The maximum atomic E-state index is 12.3. The molecule has 1 fully saturated rings. The van der Waals surface area contributed by atoms with Gasteiger partial charge in [-0.25, -0.2) is 0 Å². The number of amides is 1. The van der Waals surface area contributed by atoms with Crippen LogP contribution in [0.3, 0.4) is 0 Å². The topological polar surface area (TPSA) is 82.2 Å². The van der Waals surface area contributed by atoms with E-state index in [2.05, 4.69) is 10.3 Å². The van der Waals surface area contributed by atoms with Crippen LogP contribution < -0.4 is 10.9 Å². The Morgan fingerprint density at radius 2 is 2.00 bits per heavy atom. The van der Waals surface area contributed by atoms with Gasteiger partial charge in [-0.2, -0.15) is 0 Å². The van der Waals surface area contributed by atoms with E-state index < -0.39 is 6.10 Å². The van der Waals surface area contributed by atoms with Crippen LogP contribution in [0.4, 0.5) is 0 Å². The van der Waals surface area contributed by atoms with E-state index in [-0.39, 0.29) is 23.2 Å². The van der Waals surface area contributed by atoms with Crippen LogP contribution in [0.2, 0.25) is 0 Å². The first-order chi connectivity index (χ1) is 10.1. The molecule has 2 aromatic rings. The molecule has 1 heterocycles. The van der Waals surface area contributed by atoms with Crippen molar-refractivity contribution in [3.05, 3.63) is 46.4 Å². The van der Waals surface area contributed by atoms with Crippen LogP contribution in [-0.2, 0) is 0 Å². The maximum absolute atomic E-state index is 12.3. The van der Waals surface area contributed by atoms with Gasteiger partial charge in [0.1, 0.15) is 5.69 Å². The summed E-state index contributed by atoms with van der Waals surface area (Å²) in [4.78, 5) is 26.8. The van der Waals surface area contributed by atoms with Crippen molar-refractivity contribution >= 4 is 16.7 Å². The number of hydrogen-bond acceptors (Lipinski definition) is 3. The van der Waals surface area contributed by atoms with E-state index in [4.69, 9.17) is 0 Å². The van der Waals surface area contributed by atoms with Gasteiger partial charge in [-0.1, -0.05) is 31.0 Å². The van der Waals surface area contributed by atoms with Crippen molar-refractivity contribution in [2.24, 2.45) is 0 Å². The number of aliphatic hydroxyl groups is 1. The Hall–Kier alpha value is -2.14. The third-order valence-electron chi connectivity index (χ3n) is 4.04. The first-order valence-electron chi connectivity index (χ1n) is 7.26. The molecule has 1 aliphatic carbocycles. The molecule has 0 bridgehead atoms. The lowest BCUT2D eigenvalue weighted by molar-refractivity contribution is 0.0714. The van der Waals surface area contributed by atoms with Gasteiger partial charge in [-0.3, -0.25) is 9.59 Å². The summed E-state index contributed by atoms with van der Waals surface area (Å²) >= 11 is 0. The second-order valence-corrected chi connectivity index (χ2v) is 5.53. The minimum absolute atomic E-state index is 0.233. The molecule has 0 radical (unpaired) electrons. The summed E-state index contributed by atoms with van der Waals surface area (Å²) in [5.41, 5.74) is -0.0427. The molecule has 21 heavy (non-hydrogen) atoms. The van der Waals surface area contributed by atoms with Crippen LogP contribution in [0.1, 0.15) is 36.2 Å². The lowest BCUT2D eigenvalue weighted by atomic mass is 9.92. The van der Waals surface area contributed by atoms with Crippen LogP contribution in [0.5, 0.6) is 0 Å². The van der Waals surface area contributed by atoms with Crippen LogP contribution in [0, 0.1) is 0 Å². The van der Waals surface area contributed by atoms with Crippen molar-refractivity contribution in [1.29, 1.82) is 0 Å². The Bertz CT molecular complexity index is 723. The van der Waals surface area contributed by atoms with Gasteiger partial charge < -0.3 is 15.4 Å². The maximum Gasteiger partial charge on any atom is 0.268 e. The first kappa shape index (κ1) is 13.8. The lowest BCUT2D eigenvalue weighted by Gasteiger charge is -2.28. The highest BCUT2D eigenvalue weighted by Gasteiger charge is 2.25. The molecule has 5 heteroatoms.